The number of aryl methyl sites for hydroxylation is 1. The highest BCUT2D eigenvalue weighted by molar-refractivity contribution is 5.54. The monoisotopic (exact) mass is 273 g/mol. The fraction of sp³-hybridized carbons (Fsp3) is 0.200. The van der Waals surface area contributed by atoms with Gasteiger partial charge in [-0.2, -0.15) is 0 Å². The van der Waals surface area contributed by atoms with Gasteiger partial charge in [-0.25, -0.2) is 0 Å². The Balaban J connectivity index is 2.48. The van der Waals surface area contributed by atoms with E-state index in [0.29, 0.717) is 16.9 Å². The summed E-state index contributed by atoms with van der Waals surface area (Å²) in [6.07, 6.45) is -0.714. The summed E-state index contributed by atoms with van der Waals surface area (Å²) in [4.78, 5) is 10.6. The van der Waals surface area contributed by atoms with Gasteiger partial charge in [0.1, 0.15) is 5.75 Å². The lowest BCUT2D eigenvalue weighted by molar-refractivity contribution is -0.385. The van der Waals surface area contributed by atoms with Gasteiger partial charge in [-0.05, 0) is 25.5 Å². The molecule has 2 aromatic carbocycles. The number of aliphatic hydroxyl groups excluding tert-OH is 1. The first-order chi connectivity index (χ1) is 9.50. The van der Waals surface area contributed by atoms with Gasteiger partial charge in [0, 0.05) is 11.6 Å². The molecule has 5 heteroatoms. The normalized spacial score (nSPS) is 11.9. The van der Waals surface area contributed by atoms with Crippen LogP contribution >= 0.6 is 0 Å². The molecule has 1 N–H and O–H groups in total. The molecule has 0 saturated carbocycles. The van der Waals surface area contributed by atoms with Crippen LogP contribution in [0.15, 0.2) is 42.5 Å². The highest BCUT2D eigenvalue weighted by Crippen LogP contribution is 2.36. The van der Waals surface area contributed by atoms with Crippen LogP contribution in [-0.4, -0.2) is 10.0 Å². The summed E-state index contributed by atoms with van der Waals surface area (Å²) in [6.45, 7) is 3.36. The SMILES string of the molecule is Cc1cccc([N+](=O)[O-])c1Oc1ccccc1C(C)O. The molecular formula is C15H15NO4. The zero-order valence-electron chi connectivity index (χ0n) is 11.2. The molecule has 2 rings (SSSR count). The average Bonchev–Trinajstić information content (AvgIpc) is 2.41. The highest BCUT2D eigenvalue weighted by atomic mass is 16.6. The van der Waals surface area contributed by atoms with Crippen LogP contribution in [0.2, 0.25) is 0 Å². The number of para-hydroxylation sites is 2. The first-order valence-corrected chi connectivity index (χ1v) is 6.19. The minimum atomic E-state index is -0.714. The van der Waals surface area contributed by atoms with E-state index in [4.69, 9.17) is 4.74 Å². The molecule has 0 bridgehead atoms. The van der Waals surface area contributed by atoms with Crippen molar-refractivity contribution in [2.24, 2.45) is 0 Å². The lowest BCUT2D eigenvalue weighted by atomic mass is 10.1. The zero-order chi connectivity index (χ0) is 14.7. The summed E-state index contributed by atoms with van der Waals surface area (Å²) in [5.74, 6) is 0.616. The van der Waals surface area contributed by atoms with Crippen LogP contribution in [0.1, 0.15) is 24.2 Å². The van der Waals surface area contributed by atoms with Crippen LogP contribution in [0, 0.1) is 17.0 Å². The van der Waals surface area contributed by atoms with Gasteiger partial charge in [0.15, 0.2) is 0 Å². The van der Waals surface area contributed by atoms with Crippen molar-refractivity contribution >= 4 is 5.69 Å². The van der Waals surface area contributed by atoms with Crippen molar-refractivity contribution in [2.45, 2.75) is 20.0 Å². The van der Waals surface area contributed by atoms with Gasteiger partial charge < -0.3 is 9.84 Å². The summed E-state index contributed by atoms with van der Waals surface area (Å²) in [5.41, 5.74) is 1.16. The molecule has 1 unspecified atom stereocenters. The Morgan fingerprint density at radius 3 is 2.55 bits per heavy atom. The van der Waals surface area contributed by atoms with Gasteiger partial charge in [-0.15, -0.1) is 0 Å². The van der Waals surface area contributed by atoms with Gasteiger partial charge in [-0.3, -0.25) is 10.1 Å². The molecule has 5 nitrogen and oxygen atoms in total. The molecule has 0 fully saturated rings. The Hall–Kier alpha value is -2.40. The summed E-state index contributed by atoms with van der Waals surface area (Å²) < 4.78 is 5.69. The number of hydrogen-bond donors (Lipinski definition) is 1. The summed E-state index contributed by atoms with van der Waals surface area (Å²) in [7, 11) is 0. The van der Waals surface area contributed by atoms with Crippen LogP contribution in [-0.2, 0) is 0 Å². The fourth-order valence-electron chi connectivity index (χ4n) is 1.94. The van der Waals surface area contributed by atoms with Gasteiger partial charge in [0.25, 0.3) is 0 Å². The second kappa shape index (κ2) is 5.71. The van der Waals surface area contributed by atoms with E-state index in [-0.39, 0.29) is 11.4 Å². The Morgan fingerprint density at radius 1 is 1.20 bits per heavy atom. The van der Waals surface area contributed by atoms with Crippen molar-refractivity contribution in [3.63, 3.8) is 0 Å². The van der Waals surface area contributed by atoms with Crippen molar-refractivity contribution in [1.82, 2.24) is 0 Å². The maximum Gasteiger partial charge on any atom is 0.311 e. The number of hydrogen-bond acceptors (Lipinski definition) is 4. The molecule has 2 aromatic rings. The lowest BCUT2D eigenvalue weighted by Gasteiger charge is -2.14. The standard InChI is InChI=1S/C15H15NO4/c1-10-6-5-8-13(16(18)19)15(10)20-14-9-4-3-7-12(14)11(2)17/h3-9,11,17H,1-2H3. The molecular weight excluding hydrogens is 258 g/mol. The topological polar surface area (TPSA) is 72.6 Å². The van der Waals surface area contributed by atoms with Crippen LogP contribution in [0.3, 0.4) is 0 Å². The number of nitrogens with zero attached hydrogens (tertiary/aromatic N) is 1. The van der Waals surface area contributed by atoms with E-state index >= 15 is 0 Å². The second-order valence-electron chi connectivity index (χ2n) is 4.50. The van der Waals surface area contributed by atoms with E-state index in [0.717, 1.165) is 0 Å². The van der Waals surface area contributed by atoms with Gasteiger partial charge in [-0.1, -0.05) is 30.3 Å². The molecule has 0 heterocycles. The Bertz CT molecular complexity index is 638. The molecule has 0 saturated heterocycles. The maximum absolute atomic E-state index is 11.1. The molecule has 0 amide bonds. The van der Waals surface area contributed by atoms with Crippen molar-refractivity contribution < 1.29 is 14.8 Å². The fourth-order valence-corrected chi connectivity index (χ4v) is 1.94. The number of rotatable bonds is 4. The predicted molar refractivity (Wildman–Crippen MR) is 75.0 cm³/mol. The predicted octanol–water partition coefficient (Wildman–Crippen LogP) is 3.75. The van der Waals surface area contributed by atoms with Crippen LogP contribution < -0.4 is 4.74 Å². The Kier molecular flexibility index (Phi) is 4.00. The Morgan fingerprint density at radius 2 is 1.90 bits per heavy atom. The smallest absolute Gasteiger partial charge is 0.311 e. The third-order valence-corrected chi connectivity index (χ3v) is 2.97. The van der Waals surface area contributed by atoms with E-state index in [9.17, 15) is 15.2 Å². The molecule has 0 aliphatic carbocycles. The van der Waals surface area contributed by atoms with E-state index in [1.54, 1.807) is 50.2 Å². The average molecular weight is 273 g/mol. The van der Waals surface area contributed by atoms with E-state index in [1.807, 2.05) is 0 Å². The third-order valence-electron chi connectivity index (χ3n) is 2.97. The number of aliphatic hydroxyl groups is 1. The lowest BCUT2D eigenvalue weighted by Crippen LogP contribution is -1.99. The number of nitro groups is 1. The van der Waals surface area contributed by atoms with Crippen LogP contribution in [0.25, 0.3) is 0 Å². The molecule has 104 valence electrons. The van der Waals surface area contributed by atoms with Crippen molar-refractivity contribution in [3.05, 3.63) is 63.7 Å². The van der Waals surface area contributed by atoms with Crippen LogP contribution in [0.5, 0.6) is 11.5 Å². The van der Waals surface area contributed by atoms with Gasteiger partial charge in [0.05, 0.1) is 11.0 Å². The van der Waals surface area contributed by atoms with E-state index in [2.05, 4.69) is 0 Å². The van der Waals surface area contributed by atoms with Gasteiger partial charge >= 0.3 is 5.69 Å². The molecule has 0 radical (unpaired) electrons. The van der Waals surface area contributed by atoms with Crippen molar-refractivity contribution in [3.8, 4) is 11.5 Å². The van der Waals surface area contributed by atoms with Crippen molar-refractivity contribution in [1.29, 1.82) is 0 Å². The molecule has 0 aliphatic heterocycles. The van der Waals surface area contributed by atoms with E-state index < -0.39 is 11.0 Å². The molecule has 20 heavy (non-hydrogen) atoms. The number of benzene rings is 2. The summed E-state index contributed by atoms with van der Waals surface area (Å²) in [5, 5.41) is 20.8. The first kappa shape index (κ1) is 14.0. The first-order valence-electron chi connectivity index (χ1n) is 6.19. The minimum absolute atomic E-state index is 0.0922. The quantitative estimate of drug-likeness (QED) is 0.680. The highest BCUT2D eigenvalue weighted by Gasteiger charge is 2.19. The summed E-state index contributed by atoms with van der Waals surface area (Å²) in [6, 6.07) is 11.7. The third kappa shape index (κ3) is 2.78. The maximum atomic E-state index is 11.1. The van der Waals surface area contributed by atoms with Gasteiger partial charge in [0.2, 0.25) is 5.75 Å². The van der Waals surface area contributed by atoms with Crippen LogP contribution in [0.4, 0.5) is 5.69 Å². The Labute approximate surface area is 116 Å². The second-order valence-corrected chi connectivity index (χ2v) is 4.50. The van der Waals surface area contributed by atoms with E-state index in [1.165, 1.54) is 6.07 Å². The minimum Gasteiger partial charge on any atom is -0.449 e. The molecule has 0 aromatic heterocycles. The number of nitro benzene ring substituents is 1. The molecule has 0 aliphatic rings. The largest absolute Gasteiger partial charge is 0.449 e. The number of ether oxygens (including phenoxy) is 1. The molecule has 1 atom stereocenters. The van der Waals surface area contributed by atoms with Crippen molar-refractivity contribution in [2.75, 3.05) is 0 Å². The molecule has 0 spiro atoms. The summed E-state index contributed by atoms with van der Waals surface area (Å²) >= 11 is 0. The zero-order valence-corrected chi connectivity index (χ0v) is 11.2.